The molecule has 0 saturated carbocycles. The summed E-state index contributed by atoms with van der Waals surface area (Å²) in [5, 5.41) is 6.20. The lowest BCUT2D eigenvalue weighted by Crippen LogP contribution is -2.26. The number of nitrogens with zero attached hydrogens (tertiary/aromatic N) is 2. The molecule has 0 radical (unpaired) electrons. The van der Waals surface area contributed by atoms with E-state index in [1.807, 2.05) is 18.2 Å². The van der Waals surface area contributed by atoms with Crippen molar-refractivity contribution in [2.45, 2.75) is 11.6 Å². The number of H-pyrrole nitrogens is 1. The molecule has 0 aliphatic heterocycles. The summed E-state index contributed by atoms with van der Waals surface area (Å²) in [6.45, 7) is 0.262. The van der Waals surface area contributed by atoms with Crippen LogP contribution in [0.1, 0.15) is 5.56 Å². The van der Waals surface area contributed by atoms with Crippen molar-refractivity contribution >= 4 is 10.0 Å². The summed E-state index contributed by atoms with van der Waals surface area (Å²) in [5.41, 5.74) is 0.852. The molecule has 1 aromatic heterocycles. The standard InChI is InChI=1S/C12H15N3O3S/c1-15(19(16,17)12-6-7-13-14-12)9-10-4-3-5-11(8-10)18-2/h3-8H,9H2,1-2H3,(H,13,14). The first-order valence-corrected chi connectivity index (χ1v) is 7.06. The van der Waals surface area contributed by atoms with Crippen molar-refractivity contribution in [1.82, 2.24) is 14.5 Å². The molecule has 0 unspecified atom stereocenters. The van der Waals surface area contributed by atoms with Crippen molar-refractivity contribution in [2.75, 3.05) is 14.2 Å². The molecule has 0 atom stereocenters. The minimum atomic E-state index is -3.54. The molecule has 2 aromatic rings. The zero-order valence-corrected chi connectivity index (χ0v) is 11.5. The number of hydrogen-bond donors (Lipinski definition) is 1. The highest BCUT2D eigenvalue weighted by molar-refractivity contribution is 7.89. The van der Waals surface area contributed by atoms with Crippen LogP contribution in [-0.2, 0) is 16.6 Å². The fraction of sp³-hybridized carbons (Fsp3) is 0.250. The zero-order chi connectivity index (χ0) is 13.9. The summed E-state index contributed by atoms with van der Waals surface area (Å²) in [6.07, 6.45) is 1.41. The average Bonchev–Trinajstić information content (AvgIpc) is 2.93. The molecule has 0 aliphatic carbocycles. The van der Waals surface area contributed by atoms with Gasteiger partial charge < -0.3 is 4.74 Å². The quantitative estimate of drug-likeness (QED) is 0.894. The first-order valence-electron chi connectivity index (χ1n) is 5.62. The highest BCUT2D eigenvalue weighted by atomic mass is 32.2. The minimum Gasteiger partial charge on any atom is -0.497 e. The Labute approximate surface area is 112 Å². The van der Waals surface area contributed by atoms with Gasteiger partial charge >= 0.3 is 0 Å². The molecule has 0 fully saturated rings. The summed E-state index contributed by atoms with van der Waals surface area (Å²) in [4.78, 5) is 0. The second-order valence-electron chi connectivity index (χ2n) is 4.03. The summed E-state index contributed by atoms with van der Waals surface area (Å²) in [5.74, 6) is 0.699. The van der Waals surface area contributed by atoms with Gasteiger partial charge in [0.1, 0.15) is 5.75 Å². The van der Waals surface area contributed by atoms with E-state index in [-0.39, 0.29) is 11.6 Å². The zero-order valence-electron chi connectivity index (χ0n) is 10.7. The summed E-state index contributed by atoms with van der Waals surface area (Å²) < 4.78 is 30.7. The van der Waals surface area contributed by atoms with Crippen LogP contribution >= 0.6 is 0 Å². The van der Waals surface area contributed by atoms with E-state index >= 15 is 0 Å². The maximum Gasteiger partial charge on any atom is 0.260 e. The van der Waals surface area contributed by atoms with Gasteiger partial charge in [-0.05, 0) is 23.8 Å². The predicted molar refractivity (Wildman–Crippen MR) is 70.2 cm³/mol. The third-order valence-corrected chi connectivity index (χ3v) is 4.44. The largest absolute Gasteiger partial charge is 0.497 e. The van der Waals surface area contributed by atoms with E-state index < -0.39 is 10.0 Å². The van der Waals surface area contributed by atoms with Gasteiger partial charge in [0.05, 0.1) is 13.3 Å². The van der Waals surface area contributed by atoms with Gasteiger partial charge in [0.15, 0.2) is 5.03 Å². The lowest BCUT2D eigenvalue weighted by Gasteiger charge is -2.16. The summed E-state index contributed by atoms with van der Waals surface area (Å²) >= 11 is 0. The van der Waals surface area contributed by atoms with Crippen LogP contribution < -0.4 is 4.74 Å². The molecular formula is C12H15N3O3S. The number of aromatic nitrogens is 2. The summed E-state index contributed by atoms with van der Waals surface area (Å²) in [6, 6.07) is 8.72. The molecule has 2 rings (SSSR count). The first-order chi connectivity index (χ1) is 9.04. The van der Waals surface area contributed by atoms with Crippen molar-refractivity contribution in [2.24, 2.45) is 0 Å². The number of aromatic amines is 1. The Kier molecular flexibility index (Phi) is 3.87. The number of sulfonamides is 1. The second-order valence-corrected chi connectivity index (χ2v) is 6.05. The van der Waals surface area contributed by atoms with Crippen LogP contribution in [0.15, 0.2) is 41.6 Å². The maximum absolute atomic E-state index is 12.2. The number of nitrogens with one attached hydrogen (secondary N) is 1. The van der Waals surface area contributed by atoms with Crippen LogP contribution in [-0.4, -0.2) is 37.1 Å². The van der Waals surface area contributed by atoms with E-state index in [2.05, 4.69) is 10.2 Å². The van der Waals surface area contributed by atoms with Gasteiger partial charge in [0.25, 0.3) is 10.0 Å². The Morgan fingerprint density at radius 3 is 2.79 bits per heavy atom. The third kappa shape index (κ3) is 2.94. The van der Waals surface area contributed by atoms with Crippen LogP contribution in [0, 0.1) is 0 Å². The van der Waals surface area contributed by atoms with Crippen molar-refractivity contribution in [1.29, 1.82) is 0 Å². The van der Waals surface area contributed by atoms with Crippen LogP contribution in [0.3, 0.4) is 0 Å². The van der Waals surface area contributed by atoms with Crippen LogP contribution in [0.5, 0.6) is 5.75 Å². The van der Waals surface area contributed by atoms with Gasteiger partial charge in [0, 0.05) is 13.6 Å². The van der Waals surface area contributed by atoms with E-state index in [1.165, 1.54) is 23.6 Å². The van der Waals surface area contributed by atoms with Gasteiger partial charge in [-0.15, -0.1) is 0 Å². The molecular weight excluding hydrogens is 266 g/mol. The van der Waals surface area contributed by atoms with Gasteiger partial charge in [-0.3, -0.25) is 5.10 Å². The number of hydrogen-bond acceptors (Lipinski definition) is 4. The Balaban J connectivity index is 2.19. The maximum atomic E-state index is 12.2. The Morgan fingerprint density at radius 2 is 2.16 bits per heavy atom. The molecule has 0 saturated heterocycles. The van der Waals surface area contributed by atoms with Gasteiger partial charge in [-0.1, -0.05) is 12.1 Å². The van der Waals surface area contributed by atoms with E-state index in [9.17, 15) is 8.42 Å². The third-order valence-electron chi connectivity index (χ3n) is 2.70. The van der Waals surface area contributed by atoms with Crippen LogP contribution in [0.2, 0.25) is 0 Å². The van der Waals surface area contributed by atoms with E-state index in [4.69, 9.17) is 4.74 Å². The fourth-order valence-corrected chi connectivity index (χ4v) is 2.72. The smallest absolute Gasteiger partial charge is 0.260 e. The normalized spacial score (nSPS) is 11.7. The second kappa shape index (κ2) is 5.41. The van der Waals surface area contributed by atoms with E-state index in [1.54, 1.807) is 13.2 Å². The van der Waals surface area contributed by atoms with Gasteiger partial charge in [-0.25, -0.2) is 8.42 Å². The molecule has 1 heterocycles. The van der Waals surface area contributed by atoms with Crippen molar-refractivity contribution < 1.29 is 13.2 Å². The highest BCUT2D eigenvalue weighted by Crippen LogP contribution is 2.17. The average molecular weight is 281 g/mol. The molecule has 0 amide bonds. The monoisotopic (exact) mass is 281 g/mol. The minimum absolute atomic E-state index is 0.0814. The lowest BCUT2D eigenvalue weighted by atomic mass is 10.2. The molecule has 0 spiro atoms. The number of rotatable bonds is 5. The number of methoxy groups -OCH3 is 1. The van der Waals surface area contributed by atoms with E-state index in [0.29, 0.717) is 5.75 Å². The van der Waals surface area contributed by atoms with Crippen LogP contribution in [0.25, 0.3) is 0 Å². The Hall–Kier alpha value is -1.86. The summed E-state index contributed by atoms with van der Waals surface area (Å²) in [7, 11) is -0.442. The van der Waals surface area contributed by atoms with Crippen molar-refractivity contribution in [3.8, 4) is 5.75 Å². The molecule has 19 heavy (non-hydrogen) atoms. The molecule has 1 aromatic carbocycles. The molecule has 0 aliphatic rings. The number of benzene rings is 1. The topological polar surface area (TPSA) is 75.3 Å². The Bertz CT molecular complexity index is 638. The molecule has 7 heteroatoms. The molecule has 0 bridgehead atoms. The number of ether oxygens (including phenoxy) is 1. The molecule has 6 nitrogen and oxygen atoms in total. The molecule has 102 valence electrons. The molecule has 1 N–H and O–H groups in total. The Morgan fingerprint density at radius 1 is 1.37 bits per heavy atom. The fourth-order valence-electron chi connectivity index (χ4n) is 1.67. The van der Waals surface area contributed by atoms with Crippen molar-refractivity contribution in [3.63, 3.8) is 0 Å². The van der Waals surface area contributed by atoms with Gasteiger partial charge in [-0.2, -0.15) is 9.40 Å². The first kappa shape index (κ1) is 13.6. The van der Waals surface area contributed by atoms with E-state index in [0.717, 1.165) is 5.56 Å². The van der Waals surface area contributed by atoms with Crippen LogP contribution in [0.4, 0.5) is 0 Å². The van der Waals surface area contributed by atoms with Crippen molar-refractivity contribution in [3.05, 3.63) is 42.1 Å². The lowest BCUT2D eigenvalue weighted by molar-refractivity contribution is 0.412. The SMILES string of the molecule is COc1cccc(CN(C)S(=O)(=O)c2ccn[nH]2)c1. The predicted octanol–water partition coefficient (Wildman–Crippen LogP) is 1.24. The van der Waals surface area contributed by atoms with Gasteiger partial charge in [0.2, 0.25) is 0 Å². The highest BCUT2D eigenvalue weighted by Gasteiger charge is 2.22.